The zero-order chi connectivity index (χ0) is 24.8. The fraction of sp³-hybridized carbons (Fsp3) is 0.154. The van der Waals surface area contributed by atoms with E-state index in [1.54, 1.807) is 24.3 Å². The zero-order valence-corrected chi connectivity index (χ0v) is 19.2. The number of carbonyl (C=O) groups is 2. The van der Waals surface area contributed by atoms with E-state index in [0.717, 1.165) is 21.9 Å². The quantitative estimate of drug-likeness (QED) is 0.302. The fourth-order valence-corrected chi connectivity index (χ4v) is 3.32. The molecule has 0 aliphatic heterocycles. The minimum atomic E-state index is -0.522. The molecule has 178 valence electrons. The van der Waals surface area contributed by atoms with Gasteiger partial charge in [-0.3, -0.25) is 0 Å². The van der Waals surface area contributed by atoms with Crippen LogP contribution < -0.4 is 15.2 Å². The number of aromatic nitrogens is 2. The Labute approximate surface area is 201 Å². The van der Waals surface area contributed by atoms with Crippen molar-refractivity contribution in [1.29, 1.82) is 0 Å². The van der Waals surface area contributed by atoms with Gasteiger partial charge in [0.15, 0.2) is 19.0 Å². The van der Waals surface area contributed by atoms with Crippen LogP contribution in [0.4, 0.5) is 5.69 Å². The molecule has 9 nitrogen and oxygen atoms in total. The number of nitrogen functional groups attached to an aromatic ring is 1. The first-order valence-electron chi connectivity index (χ1n) is 10.6. The van der Waals surface area contributed by atoms with Gasteiger partial charge in [0, 0.05) is 22.9 Å². The molecule has 0 atom stereocenters. The molecule has 3 aromatic carbocycles. The second kappa shape index (κ2) is 10.5. The van der Waals surface area contributed by atoms with Gasteiger partial charge < -0.3 is 24.7 Å². The number of nitrogens with two attached hydrogens (primary N) is 1. The summed E-state index contributed by atoms with van der Waals surface area (Å²) in [7, 11) is 2.60. The molecule has 0 aliphatic rings. The third-order valence-electron chi connectivity index (χ3n) is 5.10. The van der Waals surface area contributed by atoms with E-state index >= 15 is 0 Å². The largest absolute Gasteiger partial charge is 0.482 e. The van der Waals surface area contributed by atoms with Crippen LogP contribution in [0.15, 0.2) is 66.7 Å². The standard InChI is InChI=1S/C26H23N3O6/c1-32-24(30)14-34-21-9-8-16-10-19(7-6-17(16)12-21)26-28-22(18-4-3-5-20(27)11-18)13-23(29-26)35-15-25(31)33-2/h3-13H,14-15,27H2,1-2H3. The number of methoxy groups -OCH3 is 2. The number of hydrogen-bond acceptors (Lipinski definition) is 9. The molecule has 35 heavy (non-hydrogen) atoms. The van der Waals surface area contributed by atoms with E-state index in [1.165, 1.54) is 14.2 Å². The summed E-state index contributed by atoms with van der Waals surface area (Å²) in [5, 5.41) is 1.83. The summed E-state index contributed by atoms with van der Waals surface area (Å²) >= 11 is 0. The first kappa shape index (κ1) is 23.5. The molecule has 0 amide bonds. The van der Waals surface area contributed by atoms with Gasteiger partial charge >= 0.3 is 11.9 Å². The van der Waals surface area contributed by atoms with Crippen molar-refractivity contribution in [2.75, 3.05) is 33.2 Å². The predicted octanol–water partition coefficient (Wildman–Crippen LogP) is 3.65. The lowest BCUT2D eigenvalue weighted by Gasteiger charge is -2.11. The summed E-state index contributed by atoms with van der Waals surface area (Å²) in [6, 6.07) is 20.1. The third kappa shape index (κ3) is 5.83. The fourth-order valence-electron chi connectivity index (χ4n) is 3.32. The number of ether oxygens (including phenoxy) is 4. The van der Waals surface area contributed by atoms with Crippen molar-refractivity contribution in [2.24, 2.45) is 0 Å². The minimum Gasteiger partial charge on any atom is -0.482 e. The van der Waals surface area contributed by atoms with E-state index in [0.29, 0.717) is 23.0 Å². The van der Waals surface area contributed by atoms with E-state index in [1.807, 2.05) is 42.5 Å². The lowest BCUT2D eigenvalue weighted by Crippen LogP contribution is -2.13. The number of rotatable bonds is 8. The molecule has 2 N–H and O–H groups in total. The van der Waals surface area contributed by atoms with Gasteiger partial charge in [0.1, 0.15) is 5.75 Å². The highest BCUT2D eigenvalue weighted by Crippen LogP contribution is 2.29. The maximum atomic E-state index is 11.6. The number of carbonyl (C=O) groups excluding carboxylic acids is 2. The summed E-state index contributed by atoms with van der Waals surface area (Å²) in [6.07, 6.45) is 0. The van der Waals surface area contributed by atoms with Crippen LogP contribution in [0.5, 0.6) is 11.6 Å². The lowest BCUT2D eigenvalue weighted by molar-refractivity contribution is -0.143. The molecule has 0 spiro atoms. The summed E-state index contributed by atoms with van der Waals surface area (Å²) in [6.45, 7) is -0.450. The second-order valence-electron chi connectivity index (χ2n) is 7.49. The van der Waals surface area contributed by atoms with Crippen LogP contribution in [-0.4, -0.2) is 49.3 Å². The summed E-state index contributed by atoms with van der Waals surface area (Å²) in [4.78, 5) is 32.1. The van der Waals surface area contributed by atoms with Crippen LogP contribution in [0.2, 0.25) is 0 Å². The van der Waals surface area contributed by atoms with Crippen LogP contribution in [-0.2, 0) is 19.1 Å². The Bertz CT molecular complexity index is 1390. The van der Waals surface area contributed by atoms with Gasteiger partial charge in [0.05, 0.1) is 19.9 Å². The molecule has 4 rings (SSSR count). The van der Waals surface area contributed by atoms with Crippen LogP contribution in [0.1, 0.15) is 0 Å². The van der Waals surface area contributed by atoms with E-state index in [4.69, 9.17) is 20.2 Å². The SMILES string of the molecule is COC(=O)COc1ccc2cc(-c3nc(OCC(=O)OC)cc(-c4cccc(N)c4)n3)ccc2c1. The van der Waals surface area contributed by atoms with Crippen molar-refractivity contribution in [1.82, 2.24) is 9.97 Å². The van der Waals surface area contributed by atoms with Crippen molar-refractivity contribution in [3.63, 3.8) is 0 Å². The Balaban J connectivity index is 1.69. The Kier molecular flexibility index (Phi) is 7.06. The minimum absolute atomic E-state index is 0.168. The number of esters is 2. The number of nitrogens with zero attached hydrogens (tertiary/aromatic N) is 2. The van der Waals surface area contributed by atoms with Gasteiger partial charge in [-0.25, -0.2) is 14.6 Å². The molecule has 0 radical (unpaired) electrons. The summed E-state index contributed by atoms with van der Waals surface area (Å²) in [5.41, 5.74) is 8.66. The molecule has 0 aliphatic carbocycles. The van der Waals surface area contributed by atoms with Gasteiger partial charge in [-0.2, -0.15) is 4.98 Å². The molecule has 0 unspecified atom stereocenters. The Morgan fingerprint density at radius 2 is 1.49 bits per heavy atom. The smallest absolute Gasteiger partial charge is 0.343 e. The normalized spacial score (nSPS) is 10.6. The monoisotopic (exact) mass is 473 g/mol. The Morgan fingerprint density at radius 1 is 0.771 bits per heavy atom. The number of benzene rings is 3. The van der Waals surface area contributed by atoms with E-state index < -0.39 is 11.9 Å². The highest BCUT2D eigenvalue weighted by atomic mass is 16.6. The van der Waals surface area contributed by atoms with Gasteiger partial charge in [-0.1, -0.05) is 30.3 Å². The summed E-state index contributed by atoms with van der Waals surface area (Å²) in [5.74, 6) is 0.214. The molecular weight excluding hydrogens is 450 g/mol. The molecule has 0 saturated heterocycles. The van der Waals surface area contributed by atoms with E-state index in [9.17, 15) is 9.59 Å². The Morgan fingerprint density at radius 3 is 2.23 bits per heavy atom. The maximum absolute atomic E-state index is 11.6. The van der Waals surface area contributed by atoms with Crippen molar-refractivity contribution in [3.8, 4) is 34.3 Å². The summed E-state index contributed by atoms with van der Waals surface area (Å²) < 4.78 is 20.3. The number of hydrogen-bond donors (Lipinski definition) is 1. The molecule has 1 heterocycles. The highest BCUT2D eigenvalue weighted by molar-refractivity contribution is 5.88. The molecule has 0 bridgehead atoms. The average molecular weight is 473 g/mol. The number of fused-ring (bicyclic) bond motifs is 1. The van der Waals surface area contributed by atoms with E-state index in [2.05, 4.69) is 14.5 Å². The van der Waals surface area contributed by atoms with Crippen LogP contribution in [0.25, 0.3) is 33.4 Å². The van der Waals surface area contributed by atoms with Crippen LogP contribution >= 0.6 is 0 Å². The molecular formula is C26H23N3O6. The topological polar surface area (TPSA) is 123 Å². The molecule has 9 heteroatoms. The second-order valence-corrected chi connectivity index (χ2v) is 7.49. The first-order chi connectivity index (χ1) is 16.9. The molecule has 4 aromatic rings. The highest BCUT2D eigenvalue weighted by Gasteiger charge is 2.13. The predicted molar refractivity (Wildman–Crippen MR) is 130 cm³/mol. The zero-order valence-electron chi connectivity index (χ0n) is 19.2. The van der Waals surface area contributed by atoms with Gasteiger partial charge in [0.2, 0.25) is 5.88 Å². The third-order valence-corrected chi connectivity index (χ3v) is 5.10. The Hall–Kier alpha value is -4.66. The van der Waals surface area contributed by atoms with Crippen LogP contribution in [0.3, 0.4) is 0 Å². The van der Waals surface area contributed by atoms with Crippen molar-refractivity contribution in [3.05, 3.63) is 66.7 Å². The molecule has 0 fully saturated rings. The van der Waals surface area contributed by atoms with Gasteiger partial charge in [-0.05, 0) is 41.1 Å². The van der Waals surface area contributed by atoms with Gasteiger partial charge in [-0.15, -0.1) is 0 Å². The van der Waals surface area contributed by atoms with Crippen molar-refractivity contribution < 1.29 is 28.5 Å². The van der Waals surface area contributed by atoms with Crippen molar-refractivity contribution in [2.45, 2.75) is 0 Å². The molecule has 1 aromatic heterocycles. The first-order valence-corrected chi connectivity index (χ1v) is 10.6. The average Bonchev–Trinajstić information content (AvgIpc) is 2.89. The molecule has 0 saturated carbocycles. The number of anilines is 1. The maximum Gasteiger partial charge on any atom is 0.343 e. The lowest BCUT2D eigenvalue weighted by atomic mass is 10.1. The van der Waals surface area contributed by atoms with Crippen LogP contribution in [0, 0.1) is 0 Å². The van der Waals surface area contributed by atoms with E-state index in [-0.39, 0.29) is 19.1 Å². The van der Waals surface area contributed by atoms with Crippen molar-refractivity contribution >= 4 is 28.4 Å². The van der Waals surface area contributed by atoms with Gasteiger partial charge in [0.25, 0.3) is 0 Å².